The van der Waals surface area contributed by atoms with Gasteiger partial charge < -0.3 is 11.1 Å². The Balaban J connectivity index is 0.00000242. The predicted octanol–water partition coefficient (Wildman–Crippen LogP) is 3.12. The number of halogens is 5. The van der Waals surface area contributed by atoms with Gasteiger partial charge in [-0.1, -0.05) is 6.42 Å². The summed E-state index contributed by atoms with van der Waals surface area (Å²) in [6.45, 7) is 0.405. The molecule has 0 aliphatic heterocycles. The average molecular weight is 341 g/mol. The Morgan fingerprint density at radius 1 is 1.27 bits per heavy atom. The first-order chi connectivity index (χ1) is 9.81. The third-order valence-corrected chi connectivity index (χ3v) is 3.77. The number of carbonyl (C=O) groups is 1. The molecule has 22 heavy (non-hydrogen) atoms. The Kier molecular flexibility index (Phi) is 6.19. The third kappa shape index (κ3) is 4.33. The van der Waals surface area contributed by atoms with E-state index in [1.807, 2.05) is 0 Å². The summed E-state index contributed by atoms with van der Waals surface area (Å²) >= 11 is 0. The molecule has 124 valence electrons. The Bertz CT molecular complexity index is 536. The molecule has 1 fully saturated rings. The lowest BCUT2D eigenvalue weighted by molar-refractivity contribution is -0.137. The van der Waals surface area contributed by atoms with Gasteiger partial charge in [0.15, 0.2) is 0 Å². The number of carbonyl (C=O) groups excluding carboxylic acids is 1. The van der Waals surface area contributed by atoms with Crippen LogP contribution in [0.2, 0.25) is 0 Å². The smallest absolute Gasteiger partial charge is 0.349 e. The van der Waals surface area contributed by atoms with Gasteiger partial charge in [-0.15, -0.1) is 12.4 Å². The molecule has 1 aromatic carbocycles. The van der Waals surface area contributed by atoms with Gasteiger partial charge in [0.05, 0.1) is 5.56 Å². The maximum atomic E-state index is 13.3. The Hall–Kier alpha value is -1.34. The number of alkyl halides is 3. The molecule has 0 bridgehead atoms. The SMILES string of the molecule is Cl.NCC1CCCC1NC(=O)c1cc(F)cc(C(F)(F)F)c1. The number of hydrogen-bond donors (Lipinski definition) is 2. The average Bonchev–Trinajstić information content (AvgIpc) is 2.84. The highest BCUT2D eigenvalue weighted by Crippen LogP contribution is 2.31. The predicted molar refractivity (Wildman–Crippen MR) is 76.3 cm³/mol. The fourth-order valence-electron chi connectivity index (χ4n) is 2.65. The fourth-order valence-corrected chi connectivity index (χ4v) is 2.65. The lowest BCUT2D eigenvalue weighted by Gasteiger charge is -2.19. The Morgan fingerprint density at radius 2 is 1.95 bits per heavy atom. The van der Waals surface area contributed by atoms with Gasteiger partial charge in [0.2, 0.25) is 0 Å². The van der Waals surface area contributed by atoms with Gasteiger partial charge >= 0.3 is 6.18 Å². The lowest BCUT2D eigenvalue weighted by atomic mass is 10.0. The monoisotopic (exact) mass is 340 g/mol. The van der Waals surface area contributed by atoms with Gasteiger partial charge in [-0.05, 0) is 43.5 Å². The van der Waals surface area contributed by atoms with Crippen LogP contribution in [0, 0.1) is 11.7 Å². The van der Waals surface area contributed by atoms with Gasteiger partial charge in [-0.25, -0.2) is 4.39 Å². The minimum atomic E-state index is -4.69. The van der Waals surface area contributed by atoms with Crippen LogP contribution in [0.5, 0.6) is 0 Å². The van der Waals surface area contributed by atoms with E-state index in [1.54, 1.807) is 0 Å². The summed E-state index contributed by atoms with van der Waals surface area (Å²) < 4.78 is 51.1. The molecule has 3 N–H and O–H groups in total. The highest BCUT2D eigenvalue weighted by molar-refractivity contribution is 5.94. The highest BCUT2D eigenvalue weighted by Gasteiger charge is 2.33. The number of hydrogen-bond acceptors (Lipinski definition) is 2. The number of rotatable bonds is 3. The van der Waals surface area contributed by atoms with E-state index < -0.39 is 23.5 Å². The second-order valence-electron chi connectivity index (χ2n) is 5.23. The van der Waals surface area contributed by atoms with Gasteiger partial charge in [0, 0.05) is 11.6 Å². The van der Waals surface area contributed by atoms with Crippen molar-refractivity contribution in [2.75, 3.05) is 6.54 Å². The van der Waals surface area contributed by atoms with Gasteiger partial charge in [0.25, 0.3) is 5.91 Å². The van der Waals surface area contributed by atoms with Crippen molar-refractivity contribution in [2.45, 2.75) is 31.5 Å². The van der Waals surface area contributed by atoms with Crippen LogP contribution in [0.25, 0.3) is 0 Å². The highest BCUT2D eigenvalue weighted by atomic mass is 35.5. The van der Waals surface area contributed by atoms with Crippen LogP contribution in [0.15, 0.2) is 18.2 Å². The maximum absolute atomic E-state index is 13.3. The summed E-state index contributed by atoms with van der Waals surface area (Å²) in [4.78, 5) is 12.0. The number of nitrogens with two attached hydrogens (primary N) is 1. The van der Waals surface area contributed by atoms with E-state index in [1.165, 1.54) is 0 Å². The quantitative estimate of drug-likeness (QED) is 0.831. The van der Waals surface area contributed by atoms with Crippen molar-refractivity contribution >= 4 is 18.3 Å². The molecule has 8 heteroatoms. The Labute approximate surface area is 131 Å². The van der Waals surface area contributed by atoms with Crippen LogP contribution in [-0.2, 0) is 6.18 Å². The number of benzene rings is 1. The largest absolute Gasteiger partial charge is 0.416 e. The topological polar surface area (TPSA) is 55.1 Å². The third-order valence-electron chi connectivity index (χ3n) is 3.77. The summed E-state index contributed by atoms with van der Waals surface area (Å²) in [6, 6.07) is 1.66. The zero-order valence-electron chi connectivity index (χ0n) is 11.6. The number of amides is 1. The minimum absolute atomic E-state index is 0. The molecule has 0 spiro atoms. The van der Waals surface area contributed by atoms with Crippen LogP contribution in [0.1, 0.15) is 35.2 Å². The molecule has 1 aliphatic carbocycles. The van der Waals surface area contributed by atoms with Crippen molar-refractivity contribution in [1.29, 1.82) is 0 Å². The van der Waals surface area contributed by atoms with Crippen molar-refractivity contribution in [1.82, 2.24) is 5.32 Å². The molecule has 2 rings (SSSR count). The second-order valence-corrected chi connectivity index (χ2v) is 5.23. The molecule has 0 aromatic heterocycles. The maximum Gasteiger partial charge on any atom is 0.416 e. The summed E-state index contributed by atoms with van der Waals surface area (Å²) in [7, 11) is 0. The molecular weight excluding hydrogens is 324 g/mol. The standard InChI is InChI=1S/C14H16F4N2O.ClH/c15-11-5-9(4-10(6-11)14(16,17)18)13(21)20-12-3-1-2-8(12)7-19;/h4-6,8,12H,1-3,7,19H2,(H,20,21);1H. The zero-order valence-corrected chi connectivity index (χ0v) is 12.4. The van der Waals surface area contributed by atoms with Gasteiger partial charge in [-0.3, -0.25) is 4.79 Å². The molecular formula is C14H17ClF4N2O. The summed E-state index contributed by atoms with van der Waals surface area (Å²) in [5, 5.41) is 2.65. The first kappa shape index (κ1) is 18.7. The molecule has 1 saturated carbocycles. The minimum Gasteiger partial charge on any atom is -0.349 e. The number of nitrogens with one attached hydrogen (secondary N) is 1. The molecule has 2 atom stereocenters. The van der Waals surface area contributed by atoms with Crippen LogP contribution in [-0.4, -0.2) is 18.5 Å². The molecule has 2 unspecified atom stereocenters. The molecule has 0 heterocycles. The second kappa shape index (κ2) is 7.28. The summed E-state index contributed by atoms with van der Waals surface area (Å²) in [5.41, 5.74) is 4.08. The van der Waals surface area contributed by atoms with E-state index in [0.717, 1.165) is 25.3 Å². The van der Waals surface area contributed by atoms with Gasteiger partial charge in [0.1, 0.15) is 5.82 Å². The first-order valence-electron chi connectivity index (χ1n) is 6.70. The molecule has 1 aliphatic rings. The summed E-state index contributed by atoms with van der Waals surface area (Å²) in [5.74, 6) is -1.67. The van der Waals surface area contributed by atoms with Gasteiger partial charge in [-0.2, -0.15) is 13.2 Å². The van der Waals surface area contributed by atoms with Crippen LogP contribution < -0.4 is 11.1 Å². The van der Waals surface area contributed by atoms with E-state index in [2.05, 4.69) is 5.32 Å². The van der Waals surface area contributed by atoms with E-state index >= 15 is 0 Å². The van der Waals surface area contributed by atoms with Crippen molar-refractivity contribution in [2.24, 2.45) is 11.7 Å². The molecule has 1 amide bonds. The van der Waals surface area contributed by atoms with E-state index in [-0.39, 0.29) is 29.9 Å². The fraction of sp³-hybridized carbons (Fsp3) is 0.500. The van der Waals surface area contributed by atoms with E-state index in [4.69, 9.17) is 5.73 Å². The van der Waals surface area contributed by atoms with Crippen molar-refractivity contribution in [3.8, 4) is 0 Å². The van der Waals surface area contributed by atoms with Crippen LogP contribution in [0.3, 0.4) is 0 Å². The first-order valence-corrected chi connectivity index (χ1v) is 6.70. The zero-order chi connectivity index (χ0) is 15.6. The van der Waals surface area contributed by atoms with Crippen molar-refractivity contribution in [3.05, 3.63) is 35.1 Å². The van der Waals surface area contributed by atoms with Crippen molar-refractivity contribution in [3.63, 3.8) is 0 Å². The van der Waals surface area contributed by atoms with Crippen LogP contribution in [0.4, 0.5) is 17.6 Å². The molecule has 1 aromatic rings. The van der Waals surface area contributed by atoms with E-state index in [0.29, 0.717) is 18.7 Å². The van der Waals surface area contributed by atoms with Crippen molar-refractivity contribution < 1.29 is 22.4 Å². The summed E-state index contributed by atoms with van der Waals surface area (Å²) in [6.07, 6.45) is -2.18. The molecule has 0 saturated heterocycles. The lowest BCUT2D eigenvalue weighted by Crippen LogP contribution is -2.40. The normalized spacial score (nSPS) is 21.3. The van der Waals surface area contributed by atoms with Crippen LogP contribution >= 0.6 is 12.4 Å². The molecule has 0 radical (unpaired) electrons. The molecule has 3 nitrogen and oxygen atoms in total. The Morgan fingerprint density at radius 3 is 2.55 bits per heavy atom. The van der Waals surface area contributed by atoms with E-state index in [9.17, 15) is 22.4 Å².